The standard InChI is InChI=1S/C28H21Cl2FN2O6S/c1-2-38-27(36)19-13-17(8-11-22(19)30)32-25(34)14-33-26(35)24(40-28(33)37)12-16-6-9-18(10-7-16)39-15-20-21(29)4-3-5-23(20)31/h3-13H,2,14-15H2,1H3,(H,32,34)/b24-12-. The van der Waals surface area contributed by atoms with Crippen LogP contribution in [0.5, 0.6) is 5.75 Å². The van der Waals surface area contributed by atoms with Crippen LogP contribution in [0.3, 0.4) is 0 Å². The molecule has 206 valence electrons. The van der Waals surface area contributed by atoms with Crippen LogP contribution in [-0.4, -0.2) is 41.1 Å². The van der Waals surface area contributed by atoms with E-state index in [0.29, 0.717) is 23.1 Å². The predicted molar refractivity (Wildman–Crippen MR) is 151 cm³/mol. The summed E-state index contributed by atoms with van der Waals surface area (Å²) in [5.74, 6) is -1.92. The third kappa shape index (κ3) is 7.01. The quantitative estimate of drug-likeness (QED) is 0.218. The van der Waals surface area contributed by atoms with Gasteiger partial charge in [-0.25, -0.2) is 9.18 Å². The van der Waals surface area contributed by atoms with E-state index in [9.17, 15) is 23.6 Å². The minimum Gasteiger partial charge on any atom is -0.489 e. The summed E-state index contributed by atoms with van der Waals surface area (Å²) in [5, 5.41) is 2.36. The first-order valence-electron chi connectivity index (χ1n) is 11.8. The second-order valence-electron chi connectivity index (χ2n) is 8.29. The number of carbonyl (C=O) groups excluding carboxylic acids is 4. The normalized spacial score (nSPS) is 14.0. The van der Waals surface area contributed by atoms with Gasteiger partial charge in [0.05, 0.1) is 27.1 Å². The number of esters is 1. The summed E-state index contributed by atoms with van der Waals surface area (Å²) in [7, 11) is 0. The molecular weight excluding hydrogens is 582 g/mol. The Morgan fingerprint density at radius 1 is 1.05 bits per heavy atom. The number of nitrogens with one attached hydrogen (secondary N) is 1. The van der Waals surface area contributed by atoms with Gasteiger partial charge in [-0.2, -0.15) is 0 Å². The summed E-state index contributed by atoms with van der Waals surface area (Å²) >= 11 is 12.8. The van der Waals surface area contributed by atoms with Crippen LogP contribution in [0.25, 0.3) is 6.08 Å². The molecule has 3 aromatic rings. The number of carbonyl (C=O) groups is 4. The van der Waals surface area contributed by atoms with Gasteiger partial charge in [0.25, 0.3) is 11.1 Å². The molecule has 0 spiro atoms. The van der Waals surface area contributed by atoms with Crippen molar-refractivity contribution in [2.24, 2.45) is 0 Å². The van der Waals surface area contributed by atoms with Crippen molar-refractivity contribution in [3.63, 3.8) is 0 Å². The lowest BCUT2D eigenvalue weighted by Gasteiger charge is -2.13. The maximum atomic E-state index is 13.9. The van der Waals surface area contributed by atoms with E-state index in [0.717, 1.165) is 4.90 Å². The van der Waals surface area contributed by atoms with E-state index >= 15 is 0 Å². The lowest BCUT2D eigenvalue weighted by Crippen LogP contribution is -2.36. The lowest BCUT2D eigenvalue weighted by molar-refractivity contribution is -0.127. The minimum atomic E-state index is -0.645. The minimum absolute atomic E-state index is 0.0635. The fraction of sp³-hybridized carbons (Fsp3) is 0.143. The van der Waals surface area contributed by atoms with Gasteiger partial charge in [0.15, 0.2) is 0 Å². The highest BCUT2D eigenvalue weighted by atomic mass is 35.5. The molecule has 0 aliphatic carbocycles. The lowest BCUT2D eigenvalue weighted by atomic mass is 10.2. The SMILES string of the molecule is CCOC(=O)c1cc(NC(=O)CN2C(=O)S/C(=C\c3ccc(OCc4c(F)cccc4Cl)cc3)C2=O)ccc1Cl. The number of hydrogen-bond donors (Lipinski definition) is 1. The highest BCUT2D eigenvalue weighted by Gasteiger charge is 2.36. The van der Waals surface area contributed by atoms with Crippen LogP contribution >= 0.6 is 35.0 Å². The van der Waals surface area contributed by atoms with Crippen molar-refractivity contribution in [1.29, 1.82) is 0 Å². The van der Waals surface area contributed by atoms with Crippen molar-refractivity contribution < 1.29 is 33.0 Å². The molecule has 0 bridgehead atoms. The van der Waals surface area contributed by atoms with Crippen LogP contribution < -0.4 is 10.1 Å². The molecule has 40 heavy (non-hydrogen) atoms. The Bertz CT molecular complexity index is 1490. The van der Waals surface area contributed by atoms with Crippen molar-refractivity contribution >= 4 is 69.8 Å². The van der Waals surface area contributed by atoms with Gasteiger partial charge >= 0.3 is 5.97 Å². The number of hydrogen-bond acceptors (Lipinski definition) is 7. The Morgan fingerprint density at radius 2 is 1.80 bits per heavy atom. The van der Waals surface area contributed by atoms with Crippen molar-refractivity contribution in [1.82, 2.24) is 4.90 Å². The first kappa shape index (κ1) is 29.1. The average molecular weight is 603 g/mol. The van der Waals surface area contributed by atoms with E-state index in [1.807, 2.05) is 0 Å². The maximum Gasteiger partial charge on any atom is 0.339 e. The van der Waals surface area contributed by atoms with Crippen LogP contribution in [0.4, 0.5) is 14.9 Å². The molecule has 1 fully saturated rings. The van der Waals surface area contributed by atoms with Crippen LogP contribution in [0.1, 0.15) is 28.4 Å². The molecule has 1 heterocycles. The Kier molecular flexibility index (Phi) is 9.46. The number of ether oxygens (including phenoxy) is 2. The molecule has 12 heteroatoms. The van der Waals surface area contributed by atoms with E-state index < -0.39 is 35.4 Å². The van der Waals surface area contributed by atoms with Gasteiger partial charge in [0.2, 0.25) is 5.91 Å². The van der Waals surface area contributed by atoms with Gasteiger partial charge in [0.1, 0.15) is 24.7 Å². The van der Waals surface area contributed by atoms with Crippen molar-refractivity contribution in [2.75, 3.05) is 18.5 Å². The Balaban J connectivity index is 1.37. The number of nitrogens with zero attached hydrogens (tertiary/aromatic N) is 1. The van der Waals surface area contributed by atoms with E-state index in [2.05, 4.69) is 5.32 Å². The zero-order chi connectivity index (χ0) is 28.8. The molecule has 0 atom stereocenters. The number of rotatable bonds is 9. The Labute approximate surface area is 243 Å². The van der Waals surface area contributed by atoms with Crippen LogP contribution in [0, 0.1) is 5.82 Å². The average Bonchev–Trinajstić information content (AvgIpc) is 3.17. The fourth-order valence-corrected chi connectivity index (χ4v) is 4.84. The molecule has 3 aromatic carbocycles. The van der Waals surface area contributed by atoms with E-state index in [1.165, 1.54) is 36.4 Å². The number of anilines is 1. The number of imide groups is 1. The summed E-state index contributed by atoms with van der Waals surface area (Å²) in [6.07, 6.45) is 1.52. The summed E-state index contributed by atoms with van der Waals surface area (Å²) < 4.78 is 24.5. The van der Waals surface area contributed by atoms with E-state index in [-0.39, 0.29) is 45.0 Å². The van der Waals surface area contributed by atoms with Gasteiger partial charge in [0, 0.05) is 11.3 Å². The summed E-state index contributed by atoms with van der Waals surface area (Å²) in [4.78, 5) is 50.9. The molecule has 1 aliphatic heterocycles. The highest BCUT2D eigenvalue weighted by molar-refractivity contribution is 8.18. The Morgan fingerprint density at radius 3 is 2.50 bits per heavy atom. The monoisotopic (exact) mass is 602 g/mol. The molecular formula is C28H21Cl2FN2O6S. The fourth-order valence-electron chi connectivity index (χ4n) is 3.59. The number of thioether (sulfide) groups is 1. The smallest absolute Gasteiger partial charge is 0.339 e. The zero-order valence-electron chi connectivity index (χ0n) is 20.9. The summed E-state index contributed by atoms with van der Waals surface area (Å²) in [5.41, 5.74) is 1.17. The molecule has 0 saturated carbocycles. The van der Waals surface area contributed by atoms with Gasteiger partial charge in [-0.3, -0.25) is 19.3 Å². The molecule has 0 aromatic heterocycles. The zero-order valence-corrected chi connectivity index (χ0v) is 23.2. The maximum absolute atomic E-state index is 13.9. The van der Waals surface area contributed by atoms with Crippen LogP contribution in [0.15, 0.2) is 65.6 Å². The molecule has 1 saturated heterocycles. The molecule has 0 unspecified atom stereocenters. The van der Waals surface area contributed by atoms with Gasteiger partial charge in [-0.1, -0.05) is 41.4 Å². The van der Waals surface area contributed by atoms with Crippen LogP contribution in [0.2, 0.25) is 10.0 Å². The van der Waals surface area contributed by atoms with Crippen molar-refractivity contribution in [3.05, 3.63) is 98.1 Å². The summed E-state index contributed by atoms with van der Waals surface area (Å²) in [6.45, 7) is 1.22. The topological polar surface area (TPSA) is 102 Å². The second-order valence-corrected chi connectivity index (χ2v) is 10.1. The number of amides is 3. The number of halogens is 3. The Hall–Kier alpha value is -3.86. The van der Waals surface area contributed by atoms with Gasteiger partial charge in [-0.15, -0.1) is 0 Å². The molecule has 0 radical (unpaired) electrons. The molecule has 8 nitrogen and oxygen atoms in total. The predicted octanol–water partition coefficient (Wildman–Crippen LogP) is 6.56. The molecule has 1 N–H and O–H groups in total. The van der Waals surface area contributed by atoms with E-state index in [1.54, 1.807) is 37.3 Å². The molecule has 1 aliphatic rings. The van der Waals surface area contributed by atoms with Gasteiger partial charge < -0.3 is 14.8 Å². The number of benzene rings is 3. The third-order valence-electron chi connectivity index (χ3n) is 5.54. The van der Waals surface area contributed by atoms with Crippen LogP contribution in [-0.2, 0) is 20.9 Å². The van der Waals surface area contributed by atoms with Gasteiger partial charge in [-0.05, 0) is 72.8 Å². The third-order valence-corrected chi connectivity index (χ3v) is 7.13. The molecule has 4 rings (SSSR count). The first-order chi connectivity index (χ1) is 19.2. The van der Waals surface area contributed by atoms with Crippen molar-refractivity contribution in [2.45, 2.75) is 13.5 Å². The molecule has 3 amide bonds. The second kappa shape index (κ2) is 13.0. The van der Waals surface area contributed by atoms with E-state index in [4.69, 9.17) is 32.7 Å². The highest BCUT2D eigenvalue weighted by Crippen LogP contribution is 2.32. The largest absolute Gasteiger partial charge is 0.489 e. The van der Waals surface area contributed by atoms with Crippen molar-refractivity contribution in [3.8, 4) is 5.75 Å². The summed E-state index contributed by atoms with van der Waals surface area (Å²) in [6, 6.07) is 15.2. The first-order valence-corrected chi connectivity index (χ1v) is 13.4.